The molecule has 0 saturated heterocycles. The van der Waals surface area contributed by atoms with Crippen LogP contribution in [0, 0.1) is 6.92 Å². The van der Waals surface area contributed by atoms with Crippen LogP contribution < -0.4 is 10.1 Å². The minimum Gasteiger partial charge on any atom is -0.487 e. The average molecular weight is 341 g/mol. The fourth-order valence-corrected chi connectivity index (χ4v) is 3.50. The number of rotatable bonds is 6. The van der Waals surface area contributed by atoms with E-state index in [0.717, 1.165) is 31.5 Å². The molecule has 0 spiro atoms. The van der Waals surface area contributed by atoms with Crippen molar-refractivity contribution in [1.29, 1.82) is 0 Å². The summed E-state index contributed by atoms with van der Waals surface area (Å²) in [5, 5.41) is 3.35. The molecule has 25 heavy (non-hydrogen) atoms. The predicted molar refractivity (Wildman–Crippen MR) is 98.4 cm³/mol. The van der Waals surface area contributed by atoms with Crippen molar-refractivity contribution in [2.24, 2.45) is 0 Å². The number of nitrogens with zero attached hydrogens (tertiary/aromatic N) is 2. The number of hydrogen-bond donors (Lipinski definition) is 1. The topological polar surface area (TPSA) is 54.5 Å². The largest absolute Gasteiger partial charge is 0.487 e. The molecule has 0 aromatic carbocycles. The number of ether oxygens (including phenoxy) is 1. The Kier molecular flexibility index (Phi) is 5.41. The zero-order chi connectivity index (χ0) is 17.8. The average Bonchev–Trinajstić information content (AvgIpc) is 3.10. The lowest BCUT2D eigenvalue weighted by molar-refractivity contribution is 0.111. The molecule has 0 saturated carbocycles. The van der Waals surface area contributed by atoms with Crippen molar-refractivity contribution in [3.05, 3.63) is 46.6 Å². The highest BCUT2D eigenvalue weighted by atomic mass is 16.5. The van der Waals surface area contributed by atoms with E-state index >= 15 is 0 Å². The highest BCUT2D eigenvalue weighted by molar-refractivity contribution is 5.76. The van der Waals surface area contributed by atoms with Gasteiger partial charge in [0.1, 0.15) is 18.1 Å². The Balaban J connectivity index is 1.81. The molecule has 0 atom stereocenters. The van der Waals surface area contributed by atoms with Crippen LogP contribution in [-0.4, -0.2) is 35.5 Å². The Labute approximate surface area is 149 Å². The number of hydrogen-bond acceptors (Lipinski definition) is 5. The molecular weight excluding hydrogens is 314 g/mol. The van der Waals surface area contributed by atoms with Gasteiger partial charge in [0.15, 0.2) is 6.29 Å². The molecule has 0 fully saturated rings. The van der Waals surface area contributed by atoms with E-state index in [9.17, 15) is 4.79 Å². The molecule has 1 aromatic heterocycles. The molecule has 1 N–H and O–H groups in total. The van der Waals surface area contributed by atoms with Gasteiger partial charge in [0.25, 0.3) is 0 Å². The van der Waals surface area contributed by atoms with Crippen LogP contribution in [0.3, 0.4) is 0 Å². The molecule has 0 unspecified atom stereocenters. The number of carbonyl (C=O) groups excluding carboxylic acids is 1. The van der Waals surface area contributed by atoms with E-state index in [4.69, 9.17) is 4.74 Å². The lowest BCUT2D eigenvalue weighted by Crippen LogP contribution is -2.31. The van der Waals surface area contributed by atoms with Gasteiger partial charge in [-0.15, -0.1) is 0 Å². The predicted octanol–water partition coefficient (Wildman–Crippen LogP) is 3.56. The third kappa shape index (κ3) is 3.86. The monoisotopic (exact) mass is 341 g/mol. The van der Waals surface area contributed by atoms with E-state index in [1.54, 1.807) is 0 Å². The Morgan fingerprint density at radius 1 is 1.32 bits per heavy atom. The van der Waals surface area contributed by atoms with Crippen LogP contribution in [0.1, 0.15) is 55.7 Å². The SMILES string of the molecule is Cc1ccc(OCC2=C(C3=CNCN3C(C)C)CCCC2)c(C=O)n1. The second-order valence-corrected chi connectivity index (χ2v) is 6.99. The van der Waals surface area contributed by atoms with E-state index in [2.05, 4.69) is 35.2 Å². The van der Waals surface area contributed by atoms with Crippen LogP contribution in [0.2, 0.25) is 0 Å². The van der Waals surface area contributed by atoms with Crippen LogP contribution >= 0.6 is 0 Å². The van der Waals surface area contributed by atoms with Crippen LogP contribution in [0.25, 0.3) is 0 Å². The first-order valence-electron chi connectivity index (χ1n) is 9.07. The van der Waals surface area contributed by atoms with E-state index in [1.165, 1.54) is 29.7 Å². The van der Waals surface area contributed by atoms with Crippen molar-refractivity contribution < 1.29 is 9.53 Å². The van der Waals surface area contributed by atoms with Crippen molar-refractivity contribution in [3.63, 3.8) is 0 Å². The second-order valence-electron chi connectivity index (χ2n) is 6.99. The maximum absolute atomic E-state index is 11.2. The fourth-order valence-electron chi connectivity index (χ4n) is 3.50. The van der Waals surface area contributed by atoms with E-state index in [1.807, 2.05) is 19.1 Å². The molecule has 2 aliphatic rings. The first-order chi connectivity index (χ1) is 12.1. The molecule has 5 nitrogen and oxygen atoms in total. The summed E-state index contributed by atoms with van der Waals surface area (Å²) in [6.07, 6.45) is 7.44. The molecule has 1 aliphatic heterocycles. The zero-order valence-electron chi connectivity index (χ0n) is 15.3. The molecule has 2 heterocycles. The number of aldehydes is 1. The Morgan fingerprint density at radius 3 is 2.88 bits per heavy atom. The Morgan fingerprint density at radius 2 is 2.12 bits per heavy atom. The van der Waals surface area contributed by atoms with Crippen molar-refractivity contribution in [3.8, 4) is 5.75 Å². The lowest BCUT2D eigenvalue weighted by atomic mass is 9.89. The first kappa shape index (κ1) is 17.5. The van der Waals surface area contributed by atoms with E-state index in [-0.39, 0.29) is 0 Å². The molecule has 5 heteroatoms. The quantitative estimate of drug-likeness (QED) is 0.802. The molecule has 1 aromatic rings. The van der Waals surface area contributed by atoms with Gasteiger partial charge in [0.2, 0.25) is 0 Å². The van der Waals surface area contributed by atoms with Gasteiger partial charge in [-0.3, -0.25) is 4.79 Å². The molecule has 0 amide bonds. The Hall–Kier alpha value is -2.30. The van der Waals surface area contributed by atoms with Crippen LogP contribution in [0.5, 0.6) is 5.75 Å². The van der Waals surface area contributed by atoms with Crippen LogP contribution in [0.4, 0.5) is 0 Å². The highest BCUT2D eigenvalue weighted by Crippen LogP contribution is 2.33. The lowest BCUT2D eigenvalue weighted by Gasteiger charge is -2.30. The number of pyridine rings is 1. The molecular formula is C20H27N3O2. The molecule has 134 valence electrons. The summed E-state index contributed by atoms with van der Waals surface area (Å²) in [6, 6.07) is 4.18. The van der Waals surface area contributed by atoms with Gasteiger partial charge in [0.05, 0.1) is 12.4 Å². The standard InChI is InChI=1S/C20H27N3O2/c1-14(2)23-13-21-10-19(23)17-7-5-4-6-16(17)12-25-20-9-8-15(3)22-18(20)11-24/h8-11,14,21H,4-7,12-13H2,1-3H3. The number of carbonyl (C=O) groups is 1. The fraction of sp³-hybridized carbons (Fsp3) is 0.500. The smallest absolute Gasteiger partial charge is 0.172 e. The summed E-state index contributed by atoms with van der Waals surface area (Å²) >= 11 is 0. The van der Waals surface area contributed by atoms with E-state index in [0.29, 0.717) is 24.1 Å². The van der Waals surface area contributed by atoms with Gasteiger partial charge in [-0.05, 0) is 69.7 Å². The number of aryl methyl sites for hydroxylation is 1. The molecule has 0 radical (unpaired) electrons. The van der Waals surface area contributed by atoms with Gasteiger partial charge < -0.3 is 15.0 Å². The number of nitrogens with one attached hydrogen (secondary N) is 1. The van der Waals surface area contributed by atoms with Crippen molar-refractivity contribution in [2.45, 2.75) is 52.5 Å². The summed E-state index contributed by atoms with van der Waals surface area (Å²) < 4.78 is 5.99. The summed E-state index contributed by atoms with van der Waals surface area (Å²) in [4.78, 5) is 17.9. The molecule has 3 rings (SSSR count). The van der Waals surface area contributed by atoms with E-state index < -0.39 is 0 Å². The maximum atomic E-state index is 11.2. The summed E-state index contributed by atoms with van der Waals surface area (Å²) in [6.45, 7) is 7.69. The maximum Gasteiger partial charge on any atom is 0.172 e. The number of allylic oxidation sites excluding steroid dienone is 1. The normalized spacial score (nSPS) is 17.6. The zero-order valence-corrected chi connectivity index (χ0v) is 15.3. The third-order valence-electron chi connectivity index (χ3n) is 4.86. The van der Waals surface area contributed by atoms with Gasteiger partial charge in [-0.25, -0.2) is 4.98 Å². The minimum absolute atomic E-state index is 0.378. The van der Waals surface area contributed by atoms with Crippen molar-refractivity contribution >= 4 is 6.29 Å². The van der Waals surface area contributed by atoms with Gasteiger partial charge >= 0.3 is 0 Å². The van der Waals surface area contributed by atoms with Crippen LogP contribution in [0.15, 0.2) is 35.2 Å². The third-order valence-corrected chi connectivity index (χ3v) is 4.86. The molecule has 1 aliphatic carbocycles. The van der Waals surface area contributed by atoms with Crippen LogP contribution in [-0.2, 0) is 0 Å². The second kappa shape index (κ2) is 7.72. The summed E-state index contributed by atoms with van der Waals surface area (Å²) in [7, 11) is 0. The van der Waals surface area contributed by atoms with Gasteiger partial charge in [0, 0.05) is 17.9 Å². The Bertz CT molecular complexity index is 707. The van der Waals surface area contributed by atoms with Crippen molar-refractivity contribution in [1.82, 2.24) is 15.2 Å². The van der Waals surface area contributed by atoms with Gasteiger partial charge in [-0.1, -0.05) is 0 Å². The summed E-state index contributed by atoms with van der Waals surface area (Å²) in [5.41, 5.74) is 5.23. The minimum atomic E-state index is 0.378. The highest BCUT2D eigenvalue weighted by Gasteiger charge is 2.25. The first-order valence-corrected chi connectivity index (χ1v) is 9.07. The summed E-state index contributed by atoms with van der Waals surface area (Å²) in [5.74, 6) is 0.567. The van der Waals surface area contributed by atoms with Crippen molar-refractivity contribution in [2.75, 3.05) is 13.3 Å². The van der Waals surface area contributed by atoms with Gasteiger partial charge in [-0.2, -0.15) is 0 Å². The number of aromatic nitrogens is 1. The molecule has 0 bridgehead atoms.